The number of sulfonamides is 1. The first-order valence-corrected chi connectivity index (χ1v) is 16.8. The predicted octanol–water partition coefficient (Wildman–Crippen LogP) is 6.11. The van der Waals surface area contributed by atoms with Crippen LogP contribution in [0.15, 0.2) is 120 Å². The van der Waals surface area contributed by atoms with E-state index in [4.69, 9.17) is 0 Å². The number of rotatable bonds is 12. The average Bonchev–Trinajstić information content (AvgIpc) is 3.07. The van der Waals surface area contributed by atoms with Crippen molar-refractivity contribution in [3.05, 3.63) is 132 Å². The summed E-state index contributed by atoms with van der Waals surface area (Å²) in [6, 6.07) is 30.8. The zero-order chi connectivity index (χ0) is 31.6. The van der Waals surface area contributed by atoms with Gasteiger partial charge in [0, 0.05) is 19.0 Å². The van der Waals surface area contributed by atoms with Gasteiger partial charge >= 0.3 is 0 Å². The van der Waals surface area contributed by atoms with Crippen LogP contribution in [0, 0.1) is 5.82 Å². The fourth-order valence-corrected chi connectivity index (χ4v) is 7.15. The van der Waals surface area contributed by atoms with E-state index in [2.05, 4.69) is 5.32 Å². The molecule has 0 aromatic heterocycles. The summed E-state index contributed by atoms with van der Waals surface area (Å²) in [6.07, 6.45) is 5.23. The second-order valence-corrected chi connectivity index (χ2v) is 13.2. The Kier molecular flexibility index (Phi) is 10.6. The van der Waals surface area contributed by atoms with E-state index < -0.39 is 34.3 Å². The van der Waals surface area contributed by atoms with Gasteiger partial charge in [-0.2, -0.15) is 0 Å². The highest BCUT2D eigenvalue weighted by Gasteiger charge is 2.35. The van der Waals surface area contributed by atoms with Gasteiger partial charge in [0.05, 0.1) is 10.6 Å². The van der Waals surface area contributed by atoms with Gasteiger partial charge in [-0.05, 0) is 60.4 Å². The molecular weight excluding hydrogens is 589 g/mol. The van der Waals surface area contributed by atoms with Gasteiger partial charge in [-0.1, -0.05) is 98.1 Å². The minimum Gasteiger partial charge on any atom is -0.352 e. The van der Waals surface area contributed by atoms with Crippen molar-refractivity contribution in [3.63, 3.8) is 0 Å². The zero-order valence-corrected chi connectivity index (χ0v) is 25.9. The van der Waals surface area contributed by atoms with Gasteiger partial charge in [0.2, 0.25) is 11.8 Å². The molecule has 1 fully saturated rings. The number of benzene rings is 4. The maximum atomic E-state index is 14.5. The average molecular weight is 628 g/mol. The summed E-state index contributed by atoms with van der Waals surface area (Å²) in [7, 11) is -4.28. The number of hydrogen-bond acceptors (Lipinski definition) is 4. The molecule has 0 unspecified atom stereocenters. The van der Waals surface area contributed by atoms with Gasteiger partial charge < -0.3 is 10.2 Å². The lowest BCUT2D eigenvalue weighted by Gasteiger charge is -2.35. The summed E-state index contributed by atoms with van der Waals surface area (Å²) in [5.74, 6) is -1.37. The number of halogens is 1. The molecule has 5 rings (SSSR count). The first-order chi connectivity index (χ1) is 21.8. The van der Waals surface area contributed by atoms with Gasteiger partial charge in [-0.15, -0.1) is 0 Å². The highest BCUT2D eigenvalue weighted by molar-refractivity contribution is 7.92. The minimum atomic E-state index is -4.28. The van der Waals surface area contributed by atoms with Gasteiger partial charge in [0.25, 0.3) is 10.0 Å². The third kappa shape index (κ3) is 8.36. The predicted molar refractivity (Wildman–Crippen MR) is 173 cm³/mol. The lowest BCUT2D eigenvalue weighted by atomic mass is 9.94. The Morgan fingerprint density at radius 2 is 1.31 bits per heavy atom. The van der Waals surface area contributed by atoms with E-state index in [0.29, 0.717) is 0 Å². The molecule has 45 heavy (non-hydrogen) atoms. The molecule has 234 valence electrons. The smallest absolute Gasteiger partial charge is 0.264 e. The number of carbonyl (C=O) groups is 2. The van der Waals surface area contributed by atoms with Crippen LogP contribution in [0.4, 0.5) is 10.1 Å². The van der Waals surface area contributed by atoms with Crippen LogP contribution in [0.3, 0.4) is 0 Å². The molecule has 4 aromatic carbocycles. The minimum absolute atomic E-state index is 0.0258. The number of hydrogen-bond donors (Lipinski definition) is 1. The fraction of sp³-hybridized carbons (Fsp3) is 0.278. The monoisotopic (exact) mass is 627 g/mol. The van der Waals surface area contributed by atoms with Crippen molar-refractivity contribution in [2.24, 2.45) is 0 Å². The Bertz CT molecular complexity index is 1650. The summed E-state index contributed by atoms with van der Waals surface area (Å²) in [4.78, 5) is 29.9. The number of carbonyl (C=O) groups excluding carboxylic acids is 2. The number of nitrogens with one attached hydrogen (secondary N) is 1. The Morgan fingerprint density at radius 1 is 0.756 bits per heavy atom. The molecule has 0 saturated heterocycles. The molecule has 1 atom stereocenters. The lowest BCUT2D eigenvalue weighted by molar-refractivity contribution is -0.140. The molecule has 7 nitrogen and oxygen atoms in total. The quantitative estimate of drug-likeness (QED) is 0.205. The van der Waals surface area contributed by atoms with E-state index in [0.717, 1.165) is 59.7 Å². The van der Waals surface area contributed by atoms with Crippen LogP contribution < -0.4 is 9.62 Å². The molecule has 1 N–H and O–H groups in total. The van der Waals surface area contributed by atoms with Crippen LogP contribution in [0.25, 0.3) is 0 Å². The Morgan fingerprint density at radius 3 is 1.91 bits per heavy atom. The summed E-state index contributed by atoms with van der Waals surface area (Å²) in [6.45, 7) is -0.451. The maximum absolute atomic E-state index is 14.5. The molecule has 0 spiro atoms. The van der Waals surface area contributed by atoms with Crippen LogP contribution in [-0.2, 0) is 32.6 Å². The van der Waals surface area contributed by atoms with E-state index in [1.807, 2.05) is 60.7 Å². The number of anilines is 1. The van der Waals surface area contributed by atoms with Gasteiger partial charge in [-0.25, -0.2) is 12.8 Å². The molecule has 0 radical (unpaired) electrons. The standard InChI is InChI=1S/C36H38FN3O4S/c37-30-21-23-33(24-22-30)45(43,44)40(32-19-11-4-12-20-32)27-35(41)39(26-29-15-7-2-8-16-29)34(25-28-13-5-1-6-14-28)36(42)38-31-17-9-3-10-18-31/h1-2,4-8,11-16,19-24,31,34H,3,9-10,17-18,25-27H2,(H,38,42)/t34-/m0/s1. The Balaban J connectivity index is 1.53. The molecule has 4 aromatic rings. The van der Waals surface area contributed by atoms with Gasteiger partial charge in [-0.3, -0.25) is 13.9 Å². The van der Waals surface area contributed by atoms with Crippen LogP contribution in [0.2, 0.25) is 0 Å². The number of nitrogens with zero attached hydrogens (tertiary/aromatic N) is 2. The Hall–Kier alpha value is -4.50. The van der Waals surface area contributed by atoms with Crippen molar-refractivity contribution in [1.29, 1.82) is 0 Å². The van der Waals surface area contributed by atoms with Gasteiger partial charge in [0.1, 0.15) is 18.4 Å². The lowest BCUT2D eigenvalue weighted by Crippen LogP contribution is -2.55. The number of para-hydroxylation sites is 1. The summed E-state index contributed by atoms with van der Waals surface area (Å²) in [5.41, 5.74) is 1.97. The van der Waals surface area contributed by atoms with Crippen LogP contribution in [0.5, 0.6) is 0 Å². The van der Waals surface area contributed by atoms with Crippen LogP contribution in [-0.4, -0.2) is 43.8 Å². The van der Waals surface area contributed by atoms with Gasteiger partial charge in [0.15, 0.2) is 0 Å². The largest absolute Gasteiger partial charge is 0.352 e. The molecule has 0 heterocycles. The Labute approximate surface area is 264 Å². The third-order valence-corrected chi connectivity index (χ3v) is 9.93. The maximum Gasteiger partial charge on any atom is 0.264 e. The molecule has 1 aliphatic rings. The fourth-order valence-electron chi connectivity index (χ4n) is 5.74. The van der Waals surface area contributed by atoms with Crippen molar-refractivity contribution in [2.45, 2.75) is 62.0 Å². The highest BCUT2D eigenvalue weighted by atomic mass is 32.2. The van der Waals surface area contributed by atoms with E-state index in [1.165, 1.54) is 17.0 Å². The second-order valence-electron chi connectivity index (χ2n) is 11.4. The summed E-state index contributed by atoms with van der Waals surface area (Å²) in [5, 5.41) is 3.21. The SMILES string of the molecule is O=C(NC1CCCCC1)[C@H](Cc1ccccc1)N(Cc1ccccc1)C(=O)CN(c1ccccc1)S(=O)(=O)c1ccc(F)cc1. The zero-order valence-electron chi connectivity index (χ0n) is 25.1. The van der Waals surface area contributed by atoms with E-state index in [9.17, 15) is 22.4 Å². The van der Waals surface area contributed by atoms with Crippen molar-refractivity contribution < 1.29 is 22.4 Å². The molecule has 0 bridgehead atoms. The number of amides is 2. The topological polar surface area (TPSA) is 86.8 Å². The molecule has 2 amide bonds. The molecule has 0 aliphatic heterocycles. The third-order valence-electron chi connectivity index (χ3n) is 8.14. The molecule has 1 aliphatic carbocycles. The van der Waals surface area contributed by atoms with Crippen LogP contribution >= 0.6 is 0 Å². The summed E-state index contributed by atoms with van der Waals surface area (Å²) >= 11 is 0. The first kappa shape index (κ1) is 31.9. The van der Waals surface area contributed by atoms with Crippen molar-refractivity contribution in [1.82, 2.24) is 10.2 Å². The molecule has 1 saturated carbocycles. The second kappa shape index (κ2) is 15.0. The molecule has 9 heteroatoms. The van der Waals surface area contributed by atoms with Crippen molar-refractivity contribution in [2.75, 3.05) is 10.8 Å². The van der Waals surface area contributed by atoms with Crippen LogP contribution in [0.1, 0.15) is 43.2 Å². The van der Waals surface area contributed by atoms with E-state index in [-0.39, 0.29) is 35.5 Å². The highest BCUT2D eigenvalue weighted by Crippen LogP contribution is 2.25. The first-order valence-electron chi connectivity index (χ1n) is 15.3. The van der Waals surface area contributed by atoms with Crippen molar-refractivity contribution in [3.8, 4) is 0 Å². The van der Waals surface area contributed by atoms with Crippen molar-refractivity contribution >= 4 is 27.5 Å². The van der Waals surface area contributed by atoms with E-state index in [1.54, 1.807) is 30.3 Å². The van der Waals surface area contributed by atoms with E-state index >= 15 is 0 Å². The molecular formula is C36H38FN3O4S. The normalized spacial score (nSPS) is 14.3. The summed E-state index contributed by atoms with van der Waals surface area (Å²) < 4.78 is 42.7.